The Kier molecular flexibility index (Phi) is 5.57. The Bertz CT molecular complexity index is 1120. The first-order valence-corrected chi connectivity index (χ1v) is 11.4. The average Bonchev–Trinajstić information content (AvgIpc) is 3.46. The van der Waals surface area contributed by atoms with E-state index in [4.69, 9.17) is 4.74 Å². The standard InChI is InChI=1S/C23H24N4O3S/c28-21(19-9-4-12-30-19)26-22-25-18-10-11-27(14-20(18)31-22)23(29)24-13-16-7-3-6-15-5-1-2-8-17(15)16/h1-3,5-8,19H,4,9-14H2,(H,24,29)(H,25,26,28). The number of amides is 3. The molecule has 2 aliphatic rings. The molecule has 5 rings (SSSR count). The zero-order valence-electron chi connectivity index (χ0n) is 17.1. The predicted molar refractivity (Wildman–Crippen MR) is 120 cm³/mol. The second kappa shape index (κ2) is 8.64. The lowest BCUT2D eigenvalue weighted by Gasteiger charge is -2.26. The van der Waals surface area contributed by atoms with Gasteiger partial charge in [-0.2, -0.15) is 0 Å². The maximum absolute atomic E-state index is 12.8. The molecule has 2 N–H and O–H groups in total. The number of carbonyl (C=O) groups is 2. The molecule has 2 aliphatic heterocycles. The van der Waals surface area contributed by atoms with E-state index in [1.165, 1.54) is 16.7 Å². The minimum Gasteiger partial charge on any atom is -0.368 e. The van der Waals surface area contributed by atoms with E-state index >= 15 is 0 Å². The summed E-state index contributed by atoms with van der Waals surface area (Å²) < 4.78 is 5.43. The summed E-state index contributed by atoms with van der Waals surface area (Å²) in [6.45, 7) is 2.23. The molecule has 0 spiro atoms. The number of hydrogen-bond acceptors (Lipinski definition) is 5. The van der Waals surface area contributed by atoms with Crippen LogP contribution in [-0.2, 0) is 29.0 Å². The Balaban J connectivity index is 1.20. The van der Waals surface area contributed by atoms with E-state index in [0.717, 1.165) is 34.4 Å². The first-order chi connectivity index (χ1) is 15.2. The van der Waals surface area contributed by atoms with Gasteiger partial charge in [-0.15, -0.1) is 0 Å². The Hall–Kier alpha value is -2.97. The van der Waals surface area contributed by atoms with Gasteiger partial charge in [0.1, 0.15) is 6.10 Å². The zero-order valence-corrected chi connectivity index (χ0v) is 17.9. The molecule has 1 fully saturated rings. The third kappa shape index (κ3) is 4.26. The Morgan fingerprint density at radius 1 is 1.19 bits per heavy atom. The highest BCUT2D eigenvalue weighted by Crippen LogP contribution is 2.29. The highest BCUT2D eigenvalue weighted by molar-refractivity contribution is 7.15. The van der Waals surface area contributed by atoms with Gasteiger partial charge in [-0.1, -0.05) is 53.8 Å². The number of anilines is 1. The Morgan fingerprint density at radius 3 is 2.94 bits per heavy atom. The highest BCUT2D eigenvalue weighted by Gasteiger charge is 2.27. The van der Waals surface area contributed by atoms with Crippen LogP contribution in [0.1, 0.15) is 29.0 Å². The van der Waals surface area contributed by atoms with Crippen molar-refractivity contribution in [3.05, 3.63) is 58.6 Å². The van der Waals surface area contributed by atoms with Gasteiger partial charge in [-0.25, -0.2) is 9.78 Å². The first-order valence-electron chi connectivity index (χ1n) is 10.6. The van der Waals surface area contributed by atoms with Crippen LogP contribution in [0.5, 0.6) is 0 Å². The van der Waals surface area contributed by atoms with Gasteiger partial charge in [0.15, 0.2) is 5.13 Å². The number of thiazole rings is 1. The molecule has 1 aromatic heterocycles. The topological polar surface area (TPSA) is 83.6 Å². The number of fused-ring (bicyclic) bond motifs is 2. The van der Waals surface area contributed by atoms with Crippen molar-refractivity contribution >= 4 is 39.2 Å². The van der Waals surface area contributed by atoms with E-state index in [-0.39, 0.29) is 18.0 Å². The van der Waals surface area contributed by atoms with Gasteiger partial charge in [-0.05, 0) is 29.2 Å². The quantitative estimate of drug-likeness (QED) is 0.654. The van der Waals surface area contributed by atoms with Crippen molar-refractivity contribution in [1.82, 2.24) is 15.2 Å². The minimum atomic E-state index is -0.378. The lowest BCUT2D eigenvalue weighted by molar-refractivity contribution is -0.124. The maximum atomic E-state index is 12.8. The SMILES string of the molecule is O=C(Nc1nc2c(s1)CN(C(=O)NCc1cccc3ccccc13)CC2)C1CCCO1. The summed E-state index contributed by atoms with van der Waals surface area (Å²) in [6.07, 6.45) is 1.97. The molecular formula is C23H24N4O3S. The smallest absolute Gasteiger partial charge is 0.318 e. The number of hydrogen-bond donors (Lipinski definition) is 2. The molecule has 8 heteroatoms. The summed E-state index contributed by atoms with van der Waals surface area (Å²) in [6, 6.07) is 14.2. The predicted octanol–water partition coefficient (Wildman–Crippen LogP) is 3.68. The van der Waals surface area contributed by atoms with Crippen LogP contribution >= 0.6 is 11.3 Å². The molecule has 0 bridgehead atoms. The third-order valence-corrected chi connectivity index (χ3v) is 6.78. The van der Waals surface area contributed by atoms with Crippen molar-refractivity contribution in [2.24, 2.45) is 0 Å². The van der Waals surface area contributed by atoms with Crippen LogP contribution in [0.15, 0.2) is 42.5 Å². The lowest BCUT2D eigenvalue weighted by Crippen LogP contribution is -2.42. The van der Waals surface area contributed by atoms with E-state index in [2.05, 4.69) is 33.8 Å². The van der Waals surface area contributed by atoms with Crippen LogP contribution < -0.4 is 10.6 Å². The van der Waals surface area contributed by atoms with Gasteiger partial charge in [0.05, 0.1) is 12.2 Å². The van der Waals surface area contributed by atoms with E-state index < -0.39 is 0 Å². The van der Waals surface area contributed by atoms with Crippen LogP contribution in [-0.4, -0.2) is 41.1 Å². The third-order valence-electron chi connectivity index (χ3n) is 5.78. The largest absolute Gasteiger partial charge is 0.368 e. The van der Waals surface area contributed by atoms with Crippen molar-refractivity contribution in [3.8, 4) is 0 Å². The lowest BCUT2D eigenvalue weighted by atomic mass is 10.0. The number of urea groups is 1. The van der Waals surface area contributed by atoms with Crippen molar-refractivity contribution < 1.29 is 14.3 Å². The number of ether oxygens (including phenoxy) is 1. The van der Waals surface area contributed by atoms with Crippen molar-refractivity contribution in [2.45, 2.75) is 38.5 Å². The molecule has 7 nitrogen and oxygen atoms in total. The number of benzene rings is 2. The summed E-state index contributed by atoms with van der Waals surface area (Å²) in [7, 11) is 0. The second-order valence-corrected chi connectivity index (χ2v) is 8.93. The van der Waals surface area contributed by atoms with Crippen LogP contribution in [0.4, 0.5) is 9.93 Å². The van der Waals surface area contributed by atoms with Crippen LogP contribution in [0.3, 0.4) is 0 Å². The zero-order chi connectivity index (χ0) is 21.2. The minimum absolute atomic E-state index is 0.0862. The fraction of sp³-hybridized carbons (Fsp3) is 0.348. The molecule has 3 aromatic rings. The van der Waals surface area contributed by atoms with Crippen LogP contribution in [0, 0.1) is 0 Å². The number of nitrogens with one attached hydrogen (secondary N) is 2. The van der Waals surface area contributed by atoms with Gasteiger partial charge in [0.2, 0.25) is 0 Å². The van der Waals surface area contributed by atoms with Crippen LogP contribution in [0.25, 0.3) is 10.8 Å². The molecular weight excluding hydrogens is 412 g/mol. The van der Waals surface area contributed by atoms with Crippen molar-refractivity contribution in [1.29, 1.82) is 0 Å². The molecule has 160 valence electrons. The second-order valence-electron chi connectivity index (χ2n) is 7.85. The summed E-state index contributed by atoms with van der Waals surface area (Å²) in [5.74, 6) is -0.131. The molecule has 0 radical (unpaired) electrons. The molecule has 31 heavy (non-hydrogen) atoms. The summed E-state index contributed by atoms with van der Waals surface area (Å²) in [5, 5.41) is 8.83. The van der Waals surface area contributed by atoms with Crippen LogP contribution in [0.2, 0.25) is 0 Å². The van der Waals surface area contributed by atoms with Crippen molar-refractivity contribution in [2.75, 3.05) is 18.5 Å². The van der Waals surface area contributed by atoms with E-state index in [0.29, 0.717) is 37.8 Å². The average molecular weight is 437 g/mol. The summed E-state index contributed by atoms with van der Waals surface area (Å²) >= 11 is 1.44. The molecule has 1 saturated heterocycles. The molecule has 2 aromatic carbocycles. The van der Waals surface area contributed by atoms with E-state index in [9.17, 15) is 9.59 Å². The fourth-order valence-corrected chi connectivity index (χ4v) is 5.15. The molecule has 3 amide bonds. The number of carbonyl (C=O) groups excluding carboxylic acids is 2. The van der Waals surface area contributed by atoms with Gasteiger partial charge in [-0.3, -0.25) is 10.1 Å². The molecule has 0 saturated carbocycles. The summed E-state index contributed by atoms with van der Waals surface area (Å²) in [4.78, 5) is 32.4. The van der Waals surface area contributed by atoms with Gasteiger partial charge in [0.25, 0.3) is 5.91 Å². The number of nitrogens with zero attached hydrogens (tertiary/aromatic N) is 2. The normalized spacial score (nSPS) is 18.1. The van der Waals surface area contributed by atoms with E-state index in [1.54, 1.807) is 4.90 Å². The van der Waals surface area contributed by atoms with Gasteiger partial charge >= 0.3 is 6.03 Å². The summed E-state index contributed by atoms with van der Waals surface area (Å²) in [5.41, 5.74) is 2.06. The Labute approximate surface area is 184 Å². The number of rotatable bonds is 4. The van der Waals surface area contributed by atoms with Gasteiger partial charge < -0.3 is 15.0 Å². The fourth-order valence-electron chi connectivity index (χ4n) is 4.12. The Morgan fingerprint density at radius 2 is 2.06 bits per heavy atom. The molecule has 1 unspecified atom stereocenters. The molecule has 1 atom stereocenters. The monoisotopic (exact) mass is 436 g/mol. The van der Waals surface area contributed by atoms with E-state index in [1.807, 2.05) is 24.3 Å². The molecule has 3 heterocycles. The maximum Gasteiger partial charge on any atom is 0.318 e. The van der Waals surface area contributed by atoms with Crippen molar-refractivity contribution in [3.63, 3.8) is 0 Å². The highest BCUT2D eigenvalue weighted by atomic mass is 32.1. The molecule has 0 aliphatic carbocycles. The van der Waals surface area contributed by atoms with Gasteiger partial charge in [0, 0.05) is 31.0 Å². The number of aromatic nitrogens is 1. The first kappa shape index (κ1) is 20.0.